The average molecular weight is 1070 g/mol. The predicted molar refractivity (Wildman–Crippen MR) is 325 cm³/mol. The molecule has 0 aliphatic heterocycles. The average Bonchev–Trinajstić information content (AvgIpc) is 3.38. The van der Waals surface area contributed by atoms with Gasteiger partial charge in [0.25, 0.3) is 0 Å². The molecule has 0 rings (SSSR count). The molecule has 0 spiro atoms. The topological polar surface area (TPSA) is 108 Å². The summed E-state index contributed by atoms with van der Waals surface area (Å²) < 4.78 is 34.5. The van der Waals surface area contributed by atoms with E-state index < -0.39 is 32.5 Å². The van der Waals surface area contributed by atoms with Crippen LogP contribution in [0.2, 0.25) is 0 Å². The first kappa shape index (κ1) is 71.6. The van der Waals surface area contributed by atoms with Gasteiger partial charge in [-0.1, -0.05) is 217 Å². The van der Waals surface area contributed by atoms with Gasteiger partial charge < -0.3 is 18.9 Å². The molecule has 0 saturated carbocycles. The Kier molecular flexibility index (Phi) is 52.2. The Bertz CT molecular complexity index is 1840. The minimum Gasteiger partial charge on any atom is -0.462 e. The second kappa shape index (κ2) is 55.4. The van der Waals surface area contributed by atoms with Crippen molar-refractivity contribution in [3.05, 3.63) is 158 Å². The van der Waals surface area contributed by atoms with Crippen molar-refractivity contribution >= 4 is 19.8 Å². The number of quaternary nitrogens is 1. The number of unbranched alkanes of at least 4 members (excludes halogenated alkanes) is 11. The van der Waals surface area contributed by atoms with Crippen molar-refractivity contribution < 1.29 is 42.1 Å². The van der Waals surface area contributed by atoms with Crippen LogP contribution in [0.3, 0.4) is 0 Å². The van der Waals surface area contributed by atoms with Gasteiger partial charge in [0.2, 0.25) is 0 Å². The molecule has 0 heterocycles. The summed E-state index contributed by atoms with van der Waals surface area (Å²) in [6.07, 6.45) is 83.1. The van der Waals surface area contributed by atoms with Crippen LogP contribution in [0.15, 0.2) is 158 Å². The Morgan fingerprint density at radius 2 is 0.711 bits per heavy atom. The van der Waals surface area contributed by atoms with Crippen LogP contribution in [0.25, 0.3) is 0 Å². The molecule has 1 N–H and O–H groups in total. The number of phosphoric ester groups is 1. The standard InChI is InChI=1S/C66H106NO8P/c1-6-8-10-12-14-16-18-20-22-24-25-26-27-28-29-30-31-32-33-34-35-36-37-38-39-40-41-43-45-47-49-51-53-55-57-59-66(69)75-64(63-74-76(70,71)73-61-60-67(3,4)5)62-72-65(68)58-56-54-52-50-48-46-44-42-23-21-19-17-15-13-11-9-7-2/h8-11,14-17,20-23,25-26,28-29,31-32,34-35,37-38,40-41,44,46,64H,6-7,12-13,18-19,24,27,30,33,36,39,42-43,45,47-63H2,1-5H3/p+1/b10-8-,11-9-,16-14-,17-15-,22-20-,23-21-,26-25-,29-28-,32-31-,35-34-,38-37-,41-40-,46-44-. The van der Waals surface area contributed by atoms with E-state index in [0.29, 0.717) is 23.9 Å². The fourth-order valence-corrected chi connectivity index (χ4v) is 7.86. The van der Waals surface area contributed by atoms with Crippen molar-refractivity contribution in [2.24, 2.45) is 0 Å². The first-order valence-electron chi connectivity index (χ1n) is 29.2. The number of carbonyl (C=O) groups excluding carboxylic acids is 2. The SMILES string of the molecule is CC/C=C\C/C=C\C/C=C\C/C=C\C/C=C\C/C=C\C/C=C\C/C=C\C/C=C\CCCCCCCCCC(=O)OC(COC(=O)CCCCCC/C=C\C/C=C\C/C=C\C/C=C\CC)COP(=O)(O)OCC[N+](C)(C)C. The number of nitrogens with zero attached hydrogens (tertiary/aromatic N) is 1. The van der Waals surface area contributed by atoms with Gasteiger partial charge in [-0.05, 0) is 122 Å². The normalized spacial score (nSPS) is 14.4. The Labute approximate surface area is 465 Å². The first-order chi connectivity index (χ1) is 37.0. The summed E-state index contributed by atoms with van der Waals surface area (Å²) in [6, 6.07) is 0. The molecule has 0 fully saturated rings. The lowest BCUT2D eigenvalue weighted by atomic mass is 10.1. The molecule has 0 saturated heterocycles. The lowest BCUT2D eigenvalue weighted by Gasteiger charge is -2.24. The van der Waals surface area contributed by atoms with E-state index in [9.17, 15) is 19.0 Å². The number of esters is 2. The summed E-state index contributed by atoms with van der Waals surface area (Å²) in [6.45, 7) is 4.13. The smallest absolute Gasteiger partial charge is 0.462 e. The van der Waals surface area contributed by atoms with Gasteiger partial charge in [-0.25, -0.2) is 4.57 Å². The number of allylic oxidation sites excluding steroid dienone is 26. The number of ether oxygens (including phenoxy) is 2. The van der Waals surface area contributed by atoms with Gasteiger partial charge >= 0.3 is 19.8 Å². The molecule has 0 amide bonds. The predicted octanol–water partition coefficient (Wildman–Crippen LogP) is 18.5. The highest BCUT2D eigenvalue weighted by Crippen LogP contribution is 2.43. The van der Waals surface area contributed by atoms with Crippen LogP contribution in [0, 0.1) is 0 Å². The van der Waals surface area contributed by atoms with Crippen LogP contribution in [-0.4, -0.2) is 74.9 Å². The van der Waals surface area contributed by atoms with Gasteiger partial charge in [-0.2, -0.15) is 0 Å². The Morgan fingerprint density at radius 1 is 0.408 bits per heavy atom. The Morgan fingerprint density at radius 3 is 1.05 bits per heavy atom. The molecule has 428 valence electrons. The molecular weight excluding hydrogens is 966 g/mol. The van der Waals surface area contributed by atoms with Crippen molar-refractivity contribution in [2.45, 2.75) is 200 Å². The number of hydrogen-bond acceptors (Lipinski definition) is 7. The highest BCUT2D eigenvalue weighted by atomic mass is 31.2. The zero-order valence-corrected chi connectivity index (χ0v) is 49.3. The number of rotatable bonds is 51. The minimum absolute atomic E-state index is 0.0157. The summed E-state index contributed by atoms with van der Waals surface area (Å²) in [4.78, 5) is 35.7. The van der Waals surface area contributed by atoms with E-state index in [1.165, 1.54) is 12.8 Å². The molecule has 2 atom stereocenters. The van der Waals surface area contributed by atoms with Gasteiger partial charge in [0.15, 0.2) is 6.10 Å². The second-order valence-corrected chi connectivity index (χ2v) is 21.4. The van der Waals surface area contributed by atoms with Crippen LogP contribution in [0.1, 0.15) is 194 Å². The van der Waals surface area contributed by atoms with Gasteiger partial charge in [-0.15, -0.1) is 0 Å². The zero-order chi connectivity index (χ0) is 55.6. The number of carbonyl (C=O) groups is 2. The van der Waals surface area contributed by atoms with Crippen LogP contribution in [0.4, 0.5) is 0 Å². The van der Waals surface area contributed by atoms with Gasteiger partial charge in [-0.3, -0.25) is 18.6 Å². The molecule has 0 bridgehead atoms. The fraction of sp³-hybridized carbons (Fsp3) is 0.576. The summed E-state index contributed by atoms with van der Waals surface area (Å²) in [5.41, 5.74) is 0. The third-order valence-electron chi connectivity index (χ3n) is 11.6. The summed E-state index contributed by atoms with van der Waals surface area (Å²) in [7, 11) is 1.43. The Balaban J connectivity index is 4.24. The molecule has 10 heteroatoms. The van der Waals surface area contributed by atoms with Crippen molar-refractivity contribution in [3.8, 4) is 0 Å². The van der Waals surface area contributed by atoms with Crippen LogP contribution >= 0.6 is 7.82 Å². The minimum atomic E-state index is -4.41. The van der Waals surface area contributed by atoms with Crippen LogP contribution in [-0.2, 0) is 32.7 Å². The number of hydrogen-bond donors (Lipinski definition) is 1. The molecular formula is C66H107NO8P+. The molecule has 76 heavy (non-hydrogen) atoms. The quantitative estimate of drug-likeness (QED) is 0.0211. The first-order valence-corrected chi connectivity index (χ1v) is 30.7. The molecule has 0 radical (unpaired) electrons. The van der Waals surface area contributed by atoms with Gasteiger partial charge in [0.05, 0.1) is 27.7 Å². The second-order valence-electron chi connectivity index (χ2n) is 19.9. The Hall–Kier alpha value is -4.37. The molecule has 2 unspecified atom stereocenters. The monoisotopic (exact) mass is 1070 g/mol. The summed E-state index contributed by atoms with van der Waals surface area (Å²) >= 11 is 0. The molecule has 0 aliphatic rings. The van der Waals surface area contributed by atoms with Gasteiger partial charge in [0.1, 0.15) is 19.8 Å². The molecule has 0 aromatic rings. The number of phosphoric acid groups is 1. The van der Waals surface area contributed by atoms with Crippen molar-refractivity contribution in [1.82, 2.24) is 0 Å². The zero-order valence-electron chi connectivity index (χ0n) is 48.4. The fourth-order valence-electron chi connectivity index (χ4n) is 7.11. The highest BCUT2D eigenvalue weighted by molar-refractivity contribution is 7.47. The van der Waals surface area contributed by atoms with E-state index in [1.807, 2.05) is 21.1 Å². The summed E-state index contributed by atoms with van der Waals surface area (Å²) in [5, 5.41) is 0. The van der Waals surface area contributed by atoms with E-state index in [4.69, 9.17) is 18.5 Å². The third-order valence-corrected chi connectivity index (χ3v) is 12.5. The van der Waals surface area contributed by atoms with Crippen molar-refractivity contribution in [3.63, 3.8) is 0 Å². The maximum absolute atomic E-state index is 12.8. The van der Waals surface area contributed by atoms with E-state index in [-0.39, 0.29) is 26.1 Å². The van der Waals surface area contributed by atoms with E-state index in [0.717, 1.165) is 141 Å². The van der Waals surface area contributed by atoms with E-state index in [2.05, 4.69) is 172 Å². The van der Waals surface area contributed by atoms with E-state index in [1.54, 1.807) is 0 Å². The lowest BCUT2D eigenvalue weighted by molar-refractivity contribution is -0.870. The van der Waals surface area contributed by atoms with E-state index >= 15 is 0 Å². The lowest BCUT2D eigenvalue weighted by Crippen LogP contribution is -2.37. The molecule has 0 aromatic carbocycles. The number of likely N-dealkylation sites (N-methyl/N-ethyl adjacent to an activating group) is 1. The molecule has 0 aliphatic carbocycles. The summed E-state index contributed by atoms with van der Waals surface area (Å²) in [5.74, 6) is -0.853. The highest BCUT2D eigenvalue weighted by Gasteiger charge is 2.27. The van der Waals surface area contributed by atoms with Gasteiger partial charge in [0, 0.05) is 12.8 Å². The molecule has 9 nitrogen and oxygen atoms in total. The maximum Gasteiger partial charge on any atom is 0.472 e. The molecule has 0 aromatic heterocycles. The van der Waals surface area contributed by atoms with Crippen molar-refractivity contribution in [1.29, 1.82) is 0 Å². The van der Waals surface area contributed by atoms with Crippen LogP contribution in [0.5, 0.6) is 0 Å². The van der Waals surface area contributed by atoms with Crippen molar-refractivity contribution in [2.75, 3.05) is 47.5 Å². The van der Waals surface area contributed by atoms with Crippen LogP contribution < -0.4 is 0 Å². The maximum atomic E-state index is 12.8. The largest absolute Gasteiger partial charge is 0.472 e. The third kappa shape index (κ3) is 58.9.